The van der Waals surface area contributed by atoms with Gasteiger partial charge in [0.15, 0.2) is 13.6 Å². The van der Waals surface area contributed by atoms with Crippen molar-refractivity contribution >= 4 is 85.3 Å². The molecule has 0 aliphatic carbocycles. The van der Waals surface area contributed by atoms with E-state index >= 15 is 0 Å². The Balaban J connectivity index is 2.16. The summed E-state index contributed by atoms with van der Waals surface area (Å²) in [6.07, 6.45) is 0. The number of methoxy groups -OCH3 is 2. The van der Waals surface area contributed by atoms with Gasteiger partial charge in [0.05, 0.1) is 0 Å². The van der Waals surface area contributed by atoms with Crippen LogP contribution in [0.2, 0.25) is 0 Å². The zero-order valence-electron chi connectivity index (χ0n) is 17.2. The van der Waals surface area contributed by atoms with E-state index in [1.54, 1.807) is 14.2 Å². The van der Waals surface area contributed by atoms with Gasteiger partial charge in [0.25, 0.3) is 0 Å². The van der Waals surface area contributed by atoms with Gasteiger partial charge in [-0.15, -0.1) is 0 Å². The molecule has 0 aromatic heterocycles. The van der Waals surface area contributed by atoms with Gasteiger partial charge in [-0.2, -0.15) is 0 Å². The van der Waals surface area contributed by atoms with Gasteiger partial charge in [-0.05, 0) is 57.9 Å². The third kappa shape index (κ3) is 4.72. The number of rotatable bonds is 7. The van der Waals surface area contributed by atoms with Crippen LogP contribution in [0.25, 0.3) is 32.7 Å². The van der Waals surface area contributed by atoms with Crippen molar-refractivity contribution in [1.29, 1.82) is 0 Å². The summed E-state index contributed by atoms with van der Waals surface area (Å²) in [7, 11) is 3.21. The van der Waals surface area contributed by atoms with Crippen LogP contribution in [0.5, 0.6) is 11.5 Å². The smallest absolute Gasteiger partial charge is 0.188 e. The maximum atomic E-state index is 6.05. The van der Waals surface area contributed by atoms with Crippen LogP contribution in [-0.4, -0.2) is 27.8 Å². The molecule has 4 aromatic carbocycles. The first kappa shape index (κ1) is 24.0. The van der Waals surface area contributed by atoms with E-state index in [4.69, 9.17) is 18.9 Å². The lowest BCUT2D eigenvalue weighted by molar-refractivity contribution is 0.0501. The van der Waals surface area contributed by atoms with Gasteiger partial charge in [-0.3, -0.25) is 0 Å². The molecule has 0 saturated carbocycles. The van der Waals surface area contributed by atoms with Crippen LogP contribution in [0.1, 0.15) is 0 Å². The second-order valence-electron chi connectivity index (χ2n) is 6.94. The van der Waals surface area contributed by atoms with E-state index in [1.807, 2.05) is 24.3 Å². The summed E-state index contributed by atoms with van der Waals surface area (Å²) < 4.78 is 26.4. The predicted molar refractivity (Wildman–Crippen MR) is 143 cm³/mol. The highest BCUT2D eigenvalue weighted by atomic mass is 79.9. The molecular formula is C24H18Br4O4. The highest BCUT2D eigenvalue weighted by molar-refractivity contribution is 9.11. The lowest BCUT2D eigenvalue weighted by Crippen LogP contribution is -2.04. The first-order valence-electron chi connectivity index (χ1n) is 9.52. The topological polar surface area (TPSA) is 36.9 Å². The molecule has 4 aromatic rings. The van der Waals surface area contributed by atoms with E-state index < -0.39 is 0 Å². The normalized spacial score (nSPS) is 11.3. The van der Waals surface area contributed by atoms with Crippen molar-refractivity contribution in [3.05, 3.63) is 66.4 Å². The molecule has 8 heteroatoms. The summed E-state index contributed by atoms with van der Waals surface area (Å²) >= 11 is 14.6. The van der Waals surface area contributed by atoms with Gasteiger partial charge < -0.3 is 18.9 Å². The van der Waals surface area contributed by atoms with Crippen LogP contribution in [0.4, 0.5) is 0 Å². The van der Waals surface area contributed by atoms with Crippen LogP contribution in [0.15, 0.2) is 66.4 Å². The highest BCUT2D eigenvalue weighted by Gasteiger charge is 2.22. The first-order valence-corrected chi connectivity index (χ1v) is 12.7. The molecule has 0 aliphatic rings. The molecule has 0 aliphatic heterocycles. The Kier molecular flexibility index (Phi) is 7.80. The molecule has 0 amide bonds. The zero-order valence-corrected chi connectivity index (χ0v) is 23.5. The Hall–Kier alpha value is -1.16. The molecule has 0 heterocycles. The molecule has 4 nitrogen and oxygen atoms in total. The van der Waals surface area contributed by atoms with Crippen molar-refractivity contribution in [2.24, 2.45) is 0 Å². The SMILES string of the molecule is COCOc1cc(Br)c2cc(Br)ccc2c1-c1c(OCOC)cc(Br)c2cc(Br)ccc12. The second-order valence-corrected chi connectivity index (χ2v) is 10.5. The minimum absolute atomic E-state index is 0.121. The van der Waals surface area contributed by atoms with Crippen molar-refractivity contribution in [1.82, 2.24) is 0 Å². The van der Waals surface area contributed by atoms with E-state index in [0.717, 1.165) is 50.6 Å². The average molecular weight is 690 g/mol. The molecule has 0 radical (unpaired) electrons. The standard InChI is InChI=1S/C24H18Br4O4/c1-29-11-31-21-9-19(27)17-7-13(25)3-5-15(17)23(21)24-16-6-4-14(26)8-18(16)20(28)10-22(24)32-12-30-2/h3-10H,11-12H2,1-2H3. The summed E-state index contributed by atoms with van der Waals surface area (Å²) in [4.78, 5) is 0. The fourth-order valence-electron chi connectivity index (χ4n) is 3.65. The summed E-state index contributed by atoms with van der Waals surface area (Å²) in [6.45, 7) is 0.242. The number of hydrogen-bond acceptors (Lipinski definition) is 4. The molecule has 0 unspecified atom stereocenters. The highest BCUT2D eigenvalue weighted by Crippen LogP contribution is 2.49. The zero-order chi connectivity index (χ0) is 22.8. The fourth-order valence-corrected chi connectivity index (χ4v) is 5.44. The largest absolute Gasteiger partial charge is 0.467 e. The molecule has 4 rings (SSSR count). The third-order valence-electron chi connectivity index (χ3n) is 4.94. The number of ether oxygens (including phenoxy) is 4. The maximum absolute atomic E-state index is 6.05. The van der Waals surface area contributed by atoms with Gasteiger partial charge in [0.1, 0.15) is 11.5 Å². The maximum Gasteiger partial charge on any atom is 0.188 e. The van der Waals surface area contributed by atoms with Crippen molar-refractivity contribution in [2.75, 3.05) is 27.8 Å². The number of fused-ring (bicyclic) bond motifs is 2. The van der Waals surface area contributed by atoms with Crippen molar-refractivity contribution in [2.45, 2.75) is 0 Å². The fraction of sp³-hybridized carbons (Fsp3) is 0.167. The first-order chi connectivity index (χ1) is 15.4. The minimum atomic E-state index is 0.121. The average Bonchev–Trinajstić information content (AvgIpc) is 2.77. The Labute approximate surface area is 219 Å². The molecule has 0 bridgehead atoms. The molecule has 0 fully saturated rings. The van der Waals surface area contributed by atoms with Crippen molar-refractivity contribution in [3.8, 4) is 22.6 Å². The number of benzene rings is 4. The van der Waals surface area contributed by atoms with Crippen LogP contribution in [0.3, 0.4) is 0 Å². The van der Waals surface area contributed by atoms with E-state index in [-0.39, 0.29) is 13.6 Å². The predicted octanol–water partition coefficient (Wildman–Crippen LogP) is 8.68. The van der Waals surface area contributed by atoms with Crippen LogP contribution in [0, 0.1) is 0 Å². The van der Waals surface area contributed by atoms with Crippen molar-refractivity contribution < 1.29 is 18.9 Å². The van der Waals surface area contributed by atoms with E-state index in [9.17, 15) is 0 Å². The van der Waals surface area contributed by atoms with Crippen molar-refractivity contribution in [3.63, 3.8) is 0 Å². The minimum Gasteiger partial charge on any atom is -0.467 e. The molecule has 0 atom stereocenters. The quantitative estimate of drug-likeness (QED) is 0.182. The monoisotopic (exact) mass is 686 g/mol. The summed E-state index contributed by atoms with van der Waals surface area (Å²) in [5.41, 5.74) is 1.83. The van der Waals surface area contributed by atoms with Crippen LogP contribution >= 0.6 is 63.7 Å². The van der Waals surface area contributed by atoms with Crippen LogP contribution in [-0.2, 0) is 9.47 Å². The van der Waals surface area contributed by atoms with E-state index in [0.29, 0.717) is 11.5 Å². The molecule has 32 heavy (non-hydrogen) atoms. The molecule has 0 saturated heterocycles. The summed E-state index contributed by atoms with van der Waals surface area (Å²) in [6, 6.07) is 16.3. The summed E-state index contributed by atoms with van der Waals surface area (Å²) in [5.74, 6) is 1.37. The Morgan fingerprint density at radius 3 is 1.34 bits per heavy atom. The Morgan fingerprint density at radius 2 is 0.969 bits per heavy atom. The summed E-state index contributed by atoms with van der Waals surface area (Å²) in [5, 5.41) is 4.12. The van der Waals surface area contributed by atoms with Gasteiger partial charge in [-0.1, -0.05) is 75.9 Å². The second kappa shape index (κ2) is 10.4. The molecular weight excluding hydrogens is 672 g/mol. The van der Waals surface area contributed by atoms with Crippen LogP contribution < -0.4 is 9.47 Å². The number of halogens is 4. The number of hydrogen-bond donors (Lipinski definition) is 0. The van der Waals surface area contributed by atoms with Gasteiger partial charge in [0.2, 0.25) is 0 Å². The lowest BCUT2D eigenvalue weighted by atomic mass is 9.92. The Morgan fingerprint density at radius 1 is 0.562 bits per heavy atom. The van der Waals surface area contributed by atoms with Gasteiger partial charge in [-0.25, -0.2) is 0 Å². The molecule has 0 N–H and O–H groups in total. The lowest BCUT2D eigenvalue weighted by Gasteiger charge is -2.21. The van der Waals surface area contributed by atoms with E-state index in [2.05, 4.69) is 88.0 Å². The van der Waals surface area contributed by atoms with Gasteiger partial charge >= 0.3 is 0 Å². The molecule has 166 valence electrons. The Bertz CT molecular complexity index is 1210. The van der Waals surface area contributed by atoms with Gasteiger partial charge in [0, 0.05) is 43.2 Å². The molecule has 0 spiro atoms. The van der Waals surface area contributed by atoms with E-state index in [1.165, 1.54) is 0 Å². The third-order valence-corrected chi connectivity index (χ3v) is 7.24.